The third-order valence-corrected chi connectivity index (χ3v) is 5.16. The summed E-state index contributed by atoms with van der Waals surface area (Å²) >= 11 is 0. The fourth-order valence-electron chi connectivity index (χ4n) is 3.78. The van der Waals surface area contributed by atoms with Crippen LogP contribution >= 0.6 is 0 Å². The maximum atomic E-state index is 6.77. The molecule has 0 amide bonds. The van der Waals surface area contributed by atoms with Crippen LogP contribution in [0.2, 0.25) is 0 Å². The van der Waals surface area contributed by atoms with Gasteiger partial charge in [-0.05, 0) is 33.1 Å². The van der Waals surface area contributed by atoms with Crippen LogP contribution in [0, 0.1) is 0 Å². The highest BCUT2D eigenvalue weighted by molar-refractivity contribution is 5.91. The van der Waals surface area contributed by atoms with E-state index in [2.05, 4.69) is 108 Å². The molecule has 0 fully saturated rings. The highest BCUT2D eigenvalue weighted by atomic mass is 14.6. The SMILES string of the molecule is CC(C)(C)c1ccccc1-c1cccc(-c2ccccc2C(C)(C)C)c1N. The molecule has 0 aliphatic heterocycles. The molecule has 0 radical (unpaired) electrons. The lowest BCUT2D eigenvalue weighted by atomic mass is 9.79. The first kappa shape index (κ1) is 19.2. The summed E-state index contributed by atoms with van der Waals surface area (Å²) in [5.41, 5.74) is 15.0. The van der Waals surface area contributed by atoms with Crippen molar-refractivity contribution >= 4 is 5.69 Å². The van der Waals surface area contributed by atoms with Gasteiger partial charge in [-0.2, -0.15) is 0 Å². The minimum absolute atomic E-state index is 0.0579. The van der Waals surface area contributed by atoms with Gasteiger partial charge in [-0.3, -0.25) is 0 Å². The van der Waals surface area contributed by atoms with Gasteiger partial charge in [-0.25, -0.2) is 0 Å². The van der Waals surface area contributed by atoms with Gasteiger partial charge >= 0.3 is 0 Å². The molecule has 0 spiro atoms. The van der Waals surface area contributed by atoms with E-state index in [9.17, 15) is 0 Å². The van der Waals surface area contributed by atoms with E-state index in [1.165, 1.54) is 22.3 Å². The maximum absolute atomic E-state index is 6.77. The van der Waals surface area contributed by atoms with Gasteiger partial charge < -0.3 is 5.73 Å². The van der Waals surface area contributed by atoms with Crippen LogP contribution in [0.5, 0.6) is 0 Å². The molecule has 3 rings (SSSR count). The highest BCUT2D eigenvalue weighted by Crippen LogP contribution is 2.41. The maximum Gasteiger partial charge on any atom is 0.0473 e. The Kier molecular flexibility index (Phi) is 4.90. The first-order valence-corrected chi connectivity index (χ1v) is 9.69. The van der Waals surface area contributed by atoms with Crippen molar-refractivity contribution in [3.8, 4) is 22.3 Å². The van der Waals surface area contributed by atoms with E-state index in [-0.39, 0.29) is 10.8 Å². The van der Waals surface area contributed by atoms with Gasteiger partial charge in [0.05, 0.1) is 0 Å². The van der Waals surface area contributed by atoms with Crippen molar-refractivity contribution in [1.29, 1.82) is 0 Å². The normalized spacial score (nSPS) is 12.2. The van der Waals surface area contributed by atoms with Crippen LogP contribution in [0.3, 0.4) is 0 Å². The van der Waals surface area contributed by atoms with Crippen LogP contribution in [-0.4, -0.2) is 0 Å². The molecule has 1 heteroatoms. The molecule has 3 aromatic rings. The second kappa shape index (κ2) is 6.88. The summed E-state index contributed by atoms with van der Waals surface area (Å²) in [6.45, 7) is 13.5. The Labute approximate surface area is 164 Å². The van der Waals surface area contributed by atoms with Crippen molar-refractivity contribution in [2.24, 2.45) is 0 Å². The topological polar surface area (TPSA) is 26.0 Å². The molecular formula is C26H31N. The summed E-state index contributed by atoms with van der Waals surface area (Å²) in [6, 6.07) is 23.6. The number of para-hydroxylation sites is 1. The van der Waals surface area contributed by atoms with Crippen LogP contribution < -0.4 is 5.73 Å². The Morgan fingerprint density at radius 1 is 0.481 bits per heavy atom. The summed E-state index contributed by atoms with van der Waals surface area (Å²) in [6.07, 6.45) is 0. The molecular weight excluding hydrogens is 326 g/mol. The number of benzene rings is 3. The fraction of sp³-hybridized carbons (Fsp3) is 0.308. The summed E-state index contributed by atoms with van der Waals surface area (Å²) in [5, 5.41) is 0. The third-order valence-electron chi connectivity index (χ3n) is 5.16. The number of hydrogen-bond acceptors (Lipinski definition) is 1. The van der Waals surface area contributed by atoms with E-state index in [1.807, 2.05) is 0 Å². The Morgan fingerprint density at radius 3 is 1.19 bits per heavy atom. The Hall–Kier alpha value is -2.54. The van der Waals surface area contributed by atoms with Crippen molar-refractivity contribution in [3.05, 3.63) is 77.9 Å². The van der Waals surface area contributed by atoms with Gasteiger partial charge in [-0.15, -0.1) is 0 Å². The minimum Gasteiger partial charge on any atom is -0.398 e. The average molecular weight is 358 g/mol. The first-order valence-electron chi connectivity index (χ1n) is 9.69. The highest BCUT2D eigenvalue weighted by Gasteiger charge is 2.22. The molecule has 140 valence electrons. The standard InChI is InChI=1S/C26H31N/c1-25(2,3)22-16-9-7-12-18(22)20-14-11-15-21(24(20)27)19-13-8-10-17-23(19)26(4,5)6/h7-17H,27H2,1-6H3. The van der Waals surface area contributed by atoms with Gasteiger partial charge in [0.15, 0.2) is 0 Å². The number of nitrogens with two attached hydrogens (primary N) is 1. The number of rotatable bonds is 2. The monoisotopic (exact) mass is 357 g/mol. The van der Waals surface area contributed by atoms with E-state index >= 15 is 0 Å². The third kappa shape index (κ3) is 3.78. The van der Waals surface area contributed by atoms with E-state index in [4.69, 9.17) is 5.73 Å². The zero-order valence-corrected chi connectivity index (χ0v) is 17.4. The quantitative estimate of drug-likeness (QED) is 0.482. The smallest absolute Gasteiger partial charge is 0.0473 e. The van der Waals surface area contributed by atoms with Crippen molar-refractivity contribution in [1.82, 2.24) is 0 Å². The Bertz CT molecular complexity index is 877. The molecule has 1 nitrogen and oxygen atoms in total. The van der Waals surface area contributed by atoms with Crippen LogP contribution in [0.1, 0.15) is 52.7 Å². The summed E-state index contributed by atoms with van der Waals surface area (Å²) in [7, 11) is 0. The molecule has 0 bridgehead atoms. The van der Waals surface area contributed by atoms with E-state index < -0.39 is 0 Å². The summed E-state index contributed by atoms with van der Waals surface area (Å²) in [5.74, 6) is 0. The molecule has 0 unspecified atom stereocenters. The molecule has 0 heterocycles. The molecule has 0 saturated carbocycles. The Morgan fingerprint density at radius 2 is 0.815 bits per heavy atom. The zero-order valence-electron chi connectivity index (χ0n) is 17.4. The molecule has 3 aromatic carbocycles. The predicted octanol–water partition coefficient (Wildman–Crippen LogP) is 7.20. The van der Waals surface area contributed by atoms with Crippen molar-refractivity contribution < 1.29 is 0 Å². The van der Waals surface area contributed by atoms with Crippen molar-refractivity contribution in [3.63, 3.8) is 0 Å². The molecule has 0 aliphatic rings. The molecule has 0 atom stereocenters. The fourth-order valence-corrected chi connectivity index (χ4v) is 3.78. The van der Waals surface area contributed by atoms with Gasteiger partial charge in [-0.1, -0.05) is 108 Å². The largest absolute Gasteiger partial charge is 0.398 e. The minimum atomic E-state index is 0.0579. The van der Waals surface area contributed by atoms with Crippen LogP contribution in [-0.2, 0) is 10.8 Å². The summed E-state index contributed by atoms with van der Waals surface area (Å²) in [4.78, 5) is 0. The van der Waals surface area contributed by atoms with Gasteiger partial charge in [0.25, 0.3) is 0 Å². The van der Waals surface area contributed by atoms with E-state index in [1.54, 1.807) is 0 Å². The summed E-state index contributed by atoms with van der Waals surface area (Å²) < 4.78 is 0. The zero-order chi connectivity index (χ0) is 19.8. The van der Waals surface area contributed by atoms with Gasteiger partial charge in [0.1, 0.15) is 0 Å². The second-order valence-corrected chi connectivity index (χ2v) is 9.36. The lowest BCUT2D eigenvalue weighted by Crippen LogP contribution is -2.14. The number of anilines is 1. The first-order chi connectivity index (χ1) is 12.6. The average Bonchev–Trinajstić information content (AvgIpc) is 2.60. The molecule has 2 N–H and O–H groups in total. The molecule has 0 aromatic heterocycles. The van der Waals surface area contributed by atoms with Gasteiger partial charge in [0, 0.05) is 16.8 Å². The lowest BCUT2D eigenvalue weighted by Gasteiger charge is -2.26. The number of nitrogen functional groups attached to an aromatic ring is 1. The second-order valence-electron chi connectivity index (χ2n) is 9.36. The van der Waals surface area contributed by atoms with Crippen LogP contribution in [0.25, 0.3) is 22.3 Å². The van der Waals surface area contributed by atoms with Crippen molar-refractivity contribution in [2.45, 2.75) is 52.4 Å². The lowest BCUT2D eigenvalue weighted by molar-refractivity contribution is 0.592. The predicted molar refractivity (Wildman–Crippen MR) is 119 cm³/mol. The molecule has 0 aliphatic carbocycles. The number of hydrogen-bond donors (Lipinski definition) is 1. The molecule has 27 heavy (non-hydrogen) atoms. The Balaban J connectivity index is 2.25. The van der Waals surface area contributed by atoms with Crippen LogP contribution in [0.15, 0.2) is 66.7 Å². The van der Waals surface area contributed by atoms with Crippen molar-refractivity contribution in [2.75, 3.05) is 5.73 Å². The molecule has 0 saturated heterocycles. The van der Waals surface area contributed by atoms with E-state index in [0.717, 1.165) is 16.8 Å². The van der Waals surface area contributed by atoms with Gasteiger partial charge in [0.2, 0.25) is 0 Å². The van der Waals surface area contributed by atoms with Crippen LogP contribution in [0.4, 0.5) is 5.69 Å². The van der Waals surface area contributed by atoms with E-state index in [0.29, 0.717) is 0 Å².